The van der Waals surface area contributed by atoms with Crippen LogP contribution >= 0.6 is 0 Å². The highest BCUT2D eigenvalue weighted by molar-refractivity contribution is 5.95. The molecular formula is C14H18N2O3. The molecule has 2 N–H and O–H groups in total. The molecule has 1 heterocycles. The van der Waals surface area contributed by atoms with Crippen molar-refractivity contribution < 1.29 is 14.7 Å². The van der Waals surface area contributed by atoms with Crippen LogP contribution in [0.4, 0.5) is 5.69 Å². The second-order valence-electron chi connectivity index (χ2n) is 4.74. The van der Waals surface area contributed by atoms with E-state index in [-0.39, 0.29) is 24.5 Å². The van der Waals surface area contributed by atoms with Gasteiger partial charge in [-0.2, -0.15) is 0 Å². The van der Waals surface area contributed by atoms with Gasteiger partial charge in [-0.05, 0) is 37.1 Å². The average molecular weight is 262 g/mol. The summed E-state index contributed by atoms with van der Waals surface area (Å²) >= 11 is 0. The quantitative estimate of drug-likeness (QED) is 0.861. The molecule has 102 valence electrons. The zero-order valence-electron chi connectivity index (χ0n) is 10.9. The Hall–Kier alpha value is -1.88. The van der Waals surface area contributed by atoms with Crippen LogP contribution in [0.1, 0.15) is 30.1 Å². The van der Waals surface area contributed by atoms with Gasteiger partial charge in [0.15, 0.2) is 0 Å². The van der Waals surface area contributed by atoms with Gasteiger partial charge in [0.2, 0.25) is 5.91 Å². The van der Waals surface area contributed by atoms with E-state index < -0.39 is 0 Å². The smallest absolute Gasteiger partial charge is 0.254 e. The number of aliphatic hydroxyl groups excluding tert-OH is 1. The van der Waals surface area contributed by atoms with Crippen molar-refractivity contribution in [2.75, 3.05) is 18.5 Å². The summed E-state index contributed by atoms with van der Waals surface area (Å²) in [6, 6.07) is 6.74. The van der Waals surface area contributed by atoms with Gasteiger partial charge < -0.3 is 15.3 Å². The molecule has 5 heteroatoms. The fraction of sp³-hybridized carbons (Fsp3) is 0.429. The molecule has 0 saturated carbocycles. The number of carbonyl (C=O) groups is 2. The molecule has 5 nitrogen and oxygen atoms in total. The van der Waals surface area contributed by atoms with Crippen molar-refractivity contribution in [3.63, 3.8) is 0 Å². The van der Waals surface area contributed by atoms with Crippen LogP contribution in [0.5, 0.6) is 0 Å². The Morgan fingerprint density at radius 2 is 2.05 bits per heavy atom. The van der Waals surface area contributed by atoms with Gasteiger partial charge in [-0.25, -0.2) is 0 Å². The van der Waals surface area contributed by atoms with Crippen molar-refractivity contribution in [1.29, 1.82) is 0 Å². The van der Waals surface area contributed by atoms with Crippen molar-refractivity contribution in [3.8, 4) is 0 Å². The third-order valence-electron chi connectivity index (χ3n) is 3.30. The molecule has 1 saturated heterocycles. The van der Waals surface area contributed by atoms with Crippen LogP contribution in [0.25, 0.3) is 0 Å². The van der Waals surface area contributed by atoms with Crippen molar-refractivity contribution in [3.05, 3.63) is 29.8 Å². The zero-order chi connectivity index (χ0) is 13.8. The van der Waals surface area contributed by atoms with Crippen LogP contribution < -0.4 is 5.32 Å². The normalized spacial score (nSPS) is 18.4. The van der Waals surface area contributed by atoms with E-state index in [0.717, 1.165) is 12.8 Å². The van der Waals surface area contributed by atoms with E-state index in [4.69, 9.17) is 0 Å². The van der Waals surface area contributed by atoms with Crippen LogP contribution in [0.15, 0.2) is 24.3 Å². The molecule has 1 atom stereocenters. The number of likely N-dealkylation sites (tertiary alicyclic amines) is 1. The molecule has 0 spiro atoms. The maximum Gasteiger partial charge on any atom is 0.254 e. The molecule has 0 bridgehead atoms. The number of hydrogen-bond donors (Lipinski definition) is 2. The maximum absolute atomic E-state index is 12.3. The van der Waals surface area contributed by atoms with Crippen LogP contribution in [-0.2, 0) is 4.79 Å². The maximum atomic E-state index is 12.3. The summed E-state index contributed by atoms with van der Waals surface area (Å²) in [6.45, 7) is 2.14. The van der Waals surface area contributed by atoms with E-state index in [1.807, 2.05) is 0 Å². The van der Waals surface area contributed by atoms with Crippen LogP contribution in [0.3, 0.4) is 0 Å². The highest BCUT2D eigenvalue weighted by Crippen LogP contribution is 2.20. The van der Waals surface area contributed by atoms with E-state index in [1.165, 1.54) is 6.92 Å². The molecule has 1 aromatic carbocycles. The Bertz CT molecular complexity index is 470. The van der Waals surface area contributed by atoms with Crippen LogP contribution in [0.2, 0.25) is 0 Å². The standard InChI is InChI=1S/C14H18N2O3/c1-10(18)15-12-6-4-11(5-7-12)14(19)16-8-2-3-13(16)9-17/h4-7,13,17H,2-3,8-9H2,1H3,(H,15,18). The largest absolute Gasteiger partial charge is 0.394 e. The summed E-state index contributed by atoms with van der Waals surface area (Å²) in [6.07, 6.45) is 1.78. The van der Waals surface area contributed by atoms with E-state index in [9.17, 15) is 14.7 Å². The van der Waals surface area contributed by atoms with E-state index >= 15 is 0 Å². The van der Waals surface area contributed by atoms with Crippen molar-refractivity contribution >= 4 is 17.5 Å². The second-order valence-corrected chi connectivity index (χ2v) is 4.74. The fourth-order valence-electron chi connectivity index (χ4n) is 2.36. The summed E-state index contributed by atoms with van der Waals surface area (Å²) in [7, 11) is 0. The molecular weight excluding hydrogens is 244 g/mol. The molecule has 1 aliphatic rings. The van der Waals surface area contributed by atoms with Crippen LogP contribution in [0, 0.1) is 0 Å². The Kier molecular flexibility index (Phi) is 4.16. The molecule has 2 rings (SSSR count). The number of anilines is 1. The molecule has 0 aliphatic carbocycles. The first-order valence-corrected chi connectivity index (χ1v) is 6.41. The number of carbonyl (C=O) groups excluding carboxylic acids is 2. The third kappa shape index (κ3) is 3.12. The Morgan fingerprint density at radius 3 is 2.63 bits per heavy atom. The summed E-state index contributed by atoms with van der Waals surface area (Å²) in [5, 5.41) is 11.9. The molecule has 2 amide bonds. The number of nitrogens with zero attached hydrogens (tertiary/aromatic N) is 1. The molecule has 1 aliphatic heterocycles. The van der Waals surface area contributed by atoms with Gasteiger partial charge >= 0.3 is 0 Å². The lowest BCUT2D eigenvalue weighted by molar-refractivity contribution is -0.114. The van der Waals surface area contributed by atoms with E-state index in [0.29, 0.717) is 17.8 Å². The second kappa shape index (κ2) is 5.84. The SMILES string of the molecule is CC(=O)Nc1ccc(C(=O)N2CCCC2CO)cc1. The minimum absolute atomic E-state index is 0.00964. The molecule has 0 radical (unpaired) electrons. The summed E-state index contributed by atoms with van der Waals surface area (Å²) < 4.78 is 0. The first-order chi connectivity index (χ1) is 9.11. The van der Waals surface area contributed by atoms with Gasteiger partial charge in [0, 0.05) is 24.7 Å². The lowest BCUT2D eigenvalue weighted by atomic mass is 10.1. The molecule has 1 fully saturated rings. The monoisotopic (exact) mass is 262 g/mol. The zero-order valence-corrected chi connectivity index (χ0v) is 10.9. The average Bonchev–Trinajstić information content (AvgIpc) is 2.86. The number of hydrogen-bond acceptors (Lipinski definition) is 3. The highest BCUT2D eigenvalue weighted by atomic mass is 16.3. The first-order valence-electron chi connectivity index (χ1n) is 6.41. The molecule has 1 aromatic rings. The van der Waals surface area contributed by atoms with Gasteiger partial charge in [-0.15, -0.1) is 0 Å². The molecule has 19 heavy (non-hydrogen) atoms. The number of aliphatic hydroxyl groups is 1. The first kappa shape index (κ1) is 13.5. The highest BCUT2D eigenvalue weighted by Gasteiger charge is 2.28. The third-order valence-corrected chi connectivity index (χ3v) is 3.30. The van der Waals surface area contributed by atoms with E-state index in [1.54, 1.807) is 29.2 Å². The summed E-state index contributed by atoms with van der Waals surface area (Å²) in [5.41, 5.74) is 1.25. The Balaban J connectivity index is 2.09. The van der Waals surface area contributed by atoms with Gasteiger partial charge in [-0.1, -0.05) is 0 Å². The fourth-order valence-corrected chi connectivity index (χ4v) is 2.36. The number of benzene rings is 1. The Morgan fingerprint density at radius 1 is 1.37 bits per heavy atom. The van der Waals surface area contributed by atoms with Gasteiger partial charge in [-0.3, -0.25) is 9.59 Å². The van der Waals surface area contributed by atoms with Crippen molar-refractivity contribution in [1.82, 2.24) is 4.90 Å². The predicted octanol–water partition coefficient (Wildman–Crippen LogP) is 1.24. The Labute approximate surface area is 112 Å². The van der Waals surface area contributed by atoms with Gasteiger partial charge in [0.1, 0.15) is 0 Å². The number of rotatable bonds is 3. The minimum Gasteiger partial charge on any atom is -0.394 e. The van der Waals surface area contributed by atoms with Gasteiger partial charge in [0.05, 0.1) is 12.6 Å². The van der Waals surface area contributed by atoms with Crippen molar-refractivity contribution in [2.24, 2.45) is 0 Å². The number of nitrogens with one attached hydrogen (secondary N) is 1. The van der Waals surface area contributed by atoms with Crippen molar-refractivity contribution in [2.45, 2.75) is 25.8 Å². The topological polar surface area (TPSA) is 69.6 Å². The lowest BCUT2D eigenvalue weighted by Crippen LogP contribution is -2.37. The lowest BCUT2D eigenvalue weighted by Gasteiger charge is -2.23. The summed E-state index contributed by atoms with van der Waals surface area (Å²) in [5.74, 6) is -0.204. The molecule has 1 unspecified atom stereocenters. The van der Waals surface area contributed by atoms with E-state index in [2.05, 4.69) is 5.32 Å². The number of amides is 2. The van der Waals surface area contributed by atoms with Crippen LogP contribution in [-0.4, -0.2) is 41.0 Å². The predicted molar refractivity (Wildman–Crippen MR) is 71.9 cm³/mol. The van der Waals surface area contributed by atoms with Gasteiger partial charge in [0.25, 0.3) is 5.91 Å². The summed E-state index contributed by atoms with van der Waals surface area (Å²) in [4.78, 5) is 24.9. The molecule has 0 aromatic heterocycles. The minimum atomic E-state index is -0.140.